The van der Waals surface area contributed by atoms with Crippen LogP contribution in [0.4, 0.5) is 4.39 Å². The normalized spacial score (nSPS) is 14.8. The first kappa shape index (κ1) is 17.9. The van der Waals surface area contributed by atoms with Gasteiger partial charge in [0.25, 0.3) is 0 Å². The third kappa shape index (κ3) is 3.55. The zero-order valence-electron chi connectivity index (χ0n) is 13.9. The van der Waals surface area contributed by atoms with Gasteiger partial charge >= 0.3 is 5.97 Å². The number of ether oxygens (including phenoxy) is 1. The van der Waals surface area contributed by atoms with Crippen LogP contribution in [0.5, 0.6) is 0 Å². The van der Waals surface area contributed by atoms with Crippen molar-refractivity contribution >= 4 is 17.5 Å². The van der Waals surface area contributed by atoms with E-state index in [1.165, 1.54) is 12.1 Å². The summed E-state index contributed by atoms with van der Waals surface area (Å²) < 4.78 is 19.9. The van der Waals surface area contributed by atoms with Gasteiger partial charge in [0.2, 0.25) is 0 Å². The number of halogens is 1. The second kappa shape index (κ2) is 7.58. The second-order valence-corrected chi connectivity index (χ2v) is 6.13. The van der Waals surface area contributed by atoms with E-state index >= 15 is 0 Å². The summed E-state index contributed by atoms with van der Waals surface area (Å²) >= 11 is 0. The molecule has 26 heavy (non-hydrogen) atoms. The maximum Gasteiger partial charge on any atom is 0.336 e. The Balaban J connectivity index is 2.03. The molecule has 1 N–H and O–H groups in total. The minimum Gasteiger partial charge on any atom is -0.478 e. The highest BCUT2D eigenvalue weighted by atomic mass is 19.1. The van der Waals surface area contributed by atoms with E-state index in [4.69, 9.17) is 4.74 Å². The molecule has 1 aliphatic heterocycles. The van der Waals surface area contributed by atoms with Crippen molar-refractivity contribution in [2.24, 2.45) is 5.92 Å². The lowest BCUT2D eigenvalue weighted by molar-refractivity contribution is 0.0544. The Hall–Kier alpha value is -2.86. The van der Waals surface area contributed by atoms with Crippen LogP contribution in [-0.4, -0.2) is 35.9 Å². The summed E-state index contributed by atoms with van der Waals surface area (Å²) in [5, 5.41) is 9.45. The molecular formula is C20H17FO5. The Labute approximate surface area is 149 Å². The van der Waals surface area contributed by atoms with E-state index in [0.717, 1.165) is 12.1 Å². The Kier molecular flexibility index (Phi) is 5.23. The molecule has 3 rings (SSSR count). The summed E-state index contributed by atoms with van der Waals surface area (Å²) in [5.41, 5.74) is -0.893. The molecule has 0 saturated carbocycles. The first-order chi connectivity index (χ1) is 12.5. The van der Waals surface area contributed by atoms with Gasteiger partial charge in [0, 0.05) is 30.3 Å². The number of benzene rings is 2. The van der Waals surface area contributed by atoms with Crippen LogP contribution in [0.25, 0.3) is 0 Å². The van der Waals surface area contributed by atoms with Crippen LogP contribution >= 0.6 is 0 Å². The molecule has 6 heteroatoms. The quantitative estimate of drug-likeness (QED) is 0.831. The summed E-state index contributed by atoms with van der Waals surface area (Å²) in [6.07, 6.45) is 1.01. The molecule has 0 amide bonds. The highest BCUT2D eigenvalue weighted by Gasteiger charge is 2.28. The first-order valence-corrected chi connectivity index (χ1v) is 8.27. The molecule has 1 heterocycles. The number of aromatic carboxylic acids is 1. The van der Waals surface area contributed by atoms with Crippen LogP contribution < -0.4 is 0 Å². The van der Waals surface area contributed by atoms with E-state index in [-0.39, 0.29) is 22.8 Å². The lowest BCUT2D eigenvalue weighted by Gasteiger charge is -2.21. The van der Waals surface area contributed by atoms with Crippen molar-refractivity contribution < 1.29 is 28.6 Å². The van der Waals surface area contributed by atoms with Crippen LogP contribution in [0.3, 0.4) is 0 Å². The van der Waals surface area contributed by atoms with Gasteiger partial charge in [-0.1, -0.05) is 30.3 Å². The Morgan fingerprint density at radius 3 is 2.27 bits per heavy atom. The third-order valence-corrected chi connectivity index (χ3v) is 4.46. The molecule has 0 radical (unpaired) electrons. The third-order valence-electron chi connectivity index (χ3n) is 4.46. The van der Waals surface area contributed by atoms with Crippen LogP contribution in [0.15, 0.2) is 42.5 Å². The first-order valence-electron chi connectivity index (χ1n) is 8.27. The van der Waals surface area contributed by atoms with Crippen LogP contribution in [-0.2, 0) is 4.74 Å². The smallest absolute Gasteiger partial charge is 0.336 e. The number of carbonyl (C=O) groups is 3. The highest BCUT2D eigenvalue weighted by molar-refractivity contribution is 6.15. The van der Waals surface area contributed by atoms with Crippen molar-refractivity contribution in [1.82, 2.24) is 0 Å². The number of carboxylic acids is 1. The number of Topliss-reactive ketones (excluding diaryl/α,β-unsaturated/α-hetero) is 1. The van der Waals surface area contributed by atoms with Gasteiger partial charge in [-0.2, -0.15) is 0 Å². The molecule has 0 atom stereocenters. The summed E-state index contributed by atoms with van der Waals surface area (Å²) in [4.78, 5) is 36.8. The summed E-state index contributed by atoms with van der Waals surface area (Å²) in [7, 11) is 0. The minimum atomic E-state index is -1.45. The standard InChI is InChI=1S/C20H17FO5/c21-16-11-14(18(22)13-6-8-26-9-7-13)10-15(20(24)25)17(16)19(23)12-4-2-1-3-5-12/h1-5,10-11,13H,6-9H2,(H,24,25). The summed E-state index contributed by atoms with van der Waals surface area (Å²) in [6, 6.07) is 9.92. The lowest BCUT2D eigenvalue weighted by atomic mass is 9.88. The van der Waals surface area contributed by atoms with E-state index in [2.05, 4.69) is 0 Å². The van der Waals surface area contributed by atoms with Gasteiger partial charge in [-0.25, -0.2) is 9.18 Å². The zero-order valence-corrected chi connectivity index (χ0v) is 13.9. The van der Waals surface area contributed by atoms with Crippen molar-refractivity contribution in [2.75, 3.05) is 13.2 Å². The molecule has 0 spiro atoms. The number of carbonyl (C=O) groups excluding carboxylic acids is 2. The van der Waals surface area contributed by atoms with E-state index < -0.39 is 28.7 Å². The number of carboxylic acid groups (broad SMARTS) is 1. The average molecular weight is 356 g/mol. The highest BCUT2D eigenvalue weighted by Crippen LogP contribution is 2.25. The maximum atomic E-state index is 14.7. The van der Waals surface area contributed by atoms with Crippen molar-refractivity contribution in [3.05, 3.63) is 70.5 Å². The fraction of sp³-hybridized carbons (Fsp3) is 0.250. The molecule has 1 saturated heterocycles. The van der Waals surface area contributed by atoms with Crippen LogP contribution in [0.2, 0.25) is 0 Å². The van der Waals surface area contributed by atoms with Crippen molar-refractivity contribution in [3.8, 4) is 0 Å². The van der Waals surface area contributed by atoms with Crippen molar-refractivity contribution in [1.29, 1.82) is 0 Å². The Bertz CT molecular complexity index is 854. The van der Waals surface area contributed by atoms with E-state index in [1.54, 1.807) is 18.2 Å². The van der Waals surface area contributed by atoms with Gasteiger partial charge in [-0.15, -0.1) is 0 Å². The fourth-order valence-electron chi connectivity index (χ4n) is 3.08. The summed E-state index contributed by atoms with van der Waals surface area (Å²) in [5.74, 6) is -3.85. The molecule has 0 aliphatic carbocycles. The molecule has 0 bridgehead atoms. The zero-order chi connectivity index (χ0) is 18.7. The number of hydrogen-bond acceptors (Lipinski definition) is 4. The van der Waals surface area contributed by atoms with Gasteiger partial charge < -0.3 is 9.84 Å². The fourth-order valence-corrected chi connectivity index (χ4v) is 3.08. The van der Waals surface area contributed by atoms with Gasteiger partial charge in [0.15, 0.2) is 11.6 Å². The molecule has 2 aromatic carbocycles. The predicted octanol–water partition coefficient (Wildman–Crippen LogP) is 3.36. The molecule has 1 aliphatic rings. The molecular weight excluding hydrogens is 339 g/mol. The van der Waals surface area contributed by atoms with Crippen molar-refractivity contribution in [3.63, 3.8) is 0 Å². The van der Waals surface area contributed by atoms with E-state index in [0.29, 0.717) is 26.1 Å². The molecule has 0 aromatic heterocycles. The number of ketones is 2. The SMILES string of the molecule is O=C(O)c1cc(C(=O)C2CCOCC2)cc(F)c1C(=O)c1ccccc1. The molecule has 134 valence electrons. The number of rotatable bonds is 5. The van der Waals surface area contributed by atoms with Crippen molar-refractivity contribution in [2.45, 2.75) is 12.8 Å². The maximum absolute atomic E-state index is 14.7. The largest absolute Gasteiger partial charge is 0.478 e. The molecule has 5 nitrogen and oxygen atoms in total. The van der Waals surface area contributed by atoms with Gasteiger partial charge in [0.1, 0.15) is 5.82 Å². The van der Waals surface area contributed by atoms with Crippen LogP contribution in [0.1, 0.15) is 49.5 Å². The Morgan fingerprint density at radius 1 is 1.00 bits per heavy atom. The van der Waals surface area contributed by atoms with Crippen LogP contribution in [0, 0.1) is 11.7 Å². The van der Waals surface area contributed by atoms with Gasteiger partial charge in [0.05, 0.1) is 11.1 Å². The number of hydrogen-bond donors (Lipinski definition) is 1. The Morgan fingerprint density at radius 2 is 1.65 bits per heavy atom. The molecule has 1 fully saturated rings. The van der Waals surface area contributed by atoms with E-state index in [1.807, 2.05) is 0 Å². The van der Waals surface area contributed by atoms with E-state index in [9.17, 15) is 23.9 Å². The molecule has 2 aromatic rings. The summed E-state index contributed by atoms with van der Waals surface area (Å²) in [6.45, 7) is 0.879. The monoisotopic (exact) mass is 356 g/mol. The topological polar surface area (TPSA) is 80.7 Å². The van der Waals surface area contributed by atoms with Gasteiger partial charge in [-0.05, 0) is 25.0 Å². The second-order valence-electron chi connectivity index (χ2n) is 6.13. The average Bonchev–Trinajstić information content (AvgIpc) is 2.67. The predicted molar refractivity (Wildman–Crippen MR) is 91.1 cm³/mol. The minimum absolute atomic E-state index is 0.0311. The van der Waals surface area contributed by atoms with Gasteiger partial charge in [-0.3, -0.25) is 9.59 Å². The molecule has 0 unspecified atom stereocenters. The lowest BCUT2D eigenvalue weighted by Crippen LogP contribution is -2.24.